The Kier molecular flexibility index (Phi) is 14.1. The SMILES string of the molecule is COc1ccc2c(=O)cc(-c3ccc(C(=O)NCCOCCOCCOCCOCCOCCN)cc3)oc2c1O. The summed E-state index contributed by atoms with van der Waals surface area (Å²) in [5.41, 5.74) is 6.07. The molecule has 0 aliphatic heterocycles. The van der Waals surface area contributed by atoms with Crippen molar-refractivity contribution >= 4 is 16.9 Å². The number of aromatic hydroxyl groups is 1. The molecule has 12 heteroatoms. The molecule has 0 spiro atoms. The summed E-state index contributed by atoms with van der Waals surface area (Å²) in [4.78, 5) is 25.0. The number of fused-ring (bicyclic) bond motifs is 1. The van der Waals surface area contributed by atoms with Crippen LogP contribution in [0.1, 0.15) is 10.4 Å². The Morgan fingerprint density at radius 2 is 1.39 bits per heavy atom. The number of amides is 1. The van der Waals surface area contributed by atoms with E-state index in [9.17, 15) is 14.7 Å². The van der Waals surface area contributed by atoms with Gasteiger partial charge in [0.05, 0.1) is 78.6 Å². The Labute approximate surface area is 238 Å². The number of nitrogens with one attached hydrogen (secondary N) is 1. The number of carbonyl (C=O) groups is 1. The van der Waals surface area contributed by atoms with E-state index in [2.05, 4.69) is 5.32 Å². The average molecular weight is 575 g/mol. The molecule has 1 aromatic heterocycles. The number of phenols is 1. The van der Waals surface area contributed by atoms with Gasteiger partial charge in [-0.3, -0.25) is 9.59 Å². The summed E-state index contributed by atoms with van der Waals surface area (Å²) >= 11 is 0. The third-order valence-electron chi connectivity index (χ3n) is 5.77. The van der Waals surface area contributed by atoms with E-state index in [0.29, 0.717) is 90.3 Å². The maximum atomic E-state index is 12.5. The highest BCUT2D eigenvalue weighted by Gasteiger charge is 2.14. The summed E-state index contributed by atoms with van der Waals surface area (Å²) in [6, 6.07) is 11.0. The van der Waals surface area contributed by atoms with Gasteiger partial charge in [-0.1, -0.05) is 12.1 Å². The first-order chi connectivity index (χ1) is 20.0. The minimum absolute atomic E-state index is 0.0367. The zero-order valence-corrected chi connectivity index (χ0v) is 23.2. The smallest absolute Gasteiger partial charge is 0.251 e. The number of carbonyl (C=O) groups excluding carboxylic acids is 1. The van der Waals surface area contributed by atoms with Crippen LogP contribution in [0.3, 0.4) is 0 Å². The lowest BCUT2D eigenvalue weighted by molar-refractivity contribution is -0.0102. The highest BCUT2D eigenvalue weighted by molar-refractivity contribution is 5.94. The van der Waals surface area contributed by atoms with Crippen molar-refractivity contribution in [2.75, 3.05) is 86.3 Å². The quantitative estimate of drug-likeness (QED) is 0.169. The molecule has 3 rings (SSSR count). The van der Waals surface area contributed by atoms with Crippen molar-refractivity contribution in [3.05, 3.63) is 58.3 Å². The maximum Gasteiger partial charge on any atom is 0.251 e. The Balaban J connectivity index is 1.28. The minimum Gasteiger partial charge on any atom is -0.502 e. The van der Waals surface area contributed by atoms with Gasteiger partial charge < -0.3 is 49.0 Å². The van der Waals surface area contributed by atoms with Gasteiger partial charge >= 0.3 is 0 Å². The van der Waals surface area contributed by atoms with Gasteiger partial charge in [0, 0.05) is 30.3 Å². The Hall–Kier alpha value is -3.52. The first-order valence-corrected chi connectivity index (χ1v) is 13.4. The largest absolute Gasteiger partial charge is 0.502 e. The van der Waals surface area contributed by atoms with Gasteiger partial charge in [-0.15, -0.1) is 0 Å². The van der Waals surface area contributed by atoms with Crippen LogP contribution in [0.2, 0.25) is 0 Å². The fourth-order valence-electron chi connectivity index (χ4n) is 3.68. The molecule has 0 fully saturated rings. The summed E-state index contributed by atoms with van der Waals surface area (Å²) in [7, 11) is 1.41. The van der Waals surface area contributed by atoms with Crippen LogP contribution < -0.4 is 21.2 Å². The van der Waals surface area contributed by atoms with E-state index in [-0.39, 0.29) is 39.6 Å². The molecular formula is C29H38N2O10. The Morgan fingerprint density at radius 3 is 1.95 bits per heavy atom. The topological polar surface area (TPSA) is 161 Å². The van der Waals surface area contributed by atoms with Crippen molar-refractivity contribution in [2.24, 2.45) is 5.73 Å². The van der Waals surface area contributed by atoms with Crippen LogP contribution in [0.5, 0.6) is 11.5 Å². The monoisotopic (exact) mass is 574 g/mol. The summed E-state index contributed by atoms with van der Waals surface area (Å²) in [6.45, 7) is 5.46. The molecule has 0 bridgehead atoms. The van der Waals surface area contributed by atoms with Crippen LogP contribution in [0.15, 0.2) is 51.7 Å². The second-order valence-corrected chi connectivity index (χ2v) is 8.65. The van der Waals surface area contributed by atoms with E-state index in [1.54, 1.807) is 24.3 Å². The lowest BCUT2D eigenvalue weighted by Gasteiger charge is -2.09. The van der Waals surface area contributed by atoms with Gasteiger partial charge in [0.1, 0.15) is 5.76 Å². The molecule has 12 nitrogen and oxygen atoms in total. The molecule has 0 atom stereocenters. The molecule has 1 amide bonds. The number of hydrogen-bond acceptors (Lipinski definition) is 11. The van der Waals surface area contributed by atoms with Crippen molar-refractivity contribution in [3.8, 4) is 22.8 Å². The molecule has 0 radical (unpaired) electrons. The van der Waals surface area contributed by atoms with Crippen molar-refractivity contribution in [1.29, 1.82) is 0 Å². The first-order valence-electron chi connectivity index (χ1n) is 13.4. The number of phenolic OH excluding ortho intramolecular Hbond substituents is 1. The Bertz CT molecular complexity index is 1260. The molecule has 0 aliphatic carbocycles. The lowest BCUT2D eigenvalue weighted by atomic mass is 10.1. The number of hydrogen-bond donors (Lipinski definition) is 3. The fourth-order valence-corrected chi connectivity index (χ4v) is 3.68. The highest BCUT2D eigenvalue weighted by Crippen LogP contribution is 2.35. The van der Waals surface area contributed by atoms with E-state index in [1.807, 2.05) is 0 Å². The van der Waals surface area contributed by atoms with E-state index < -0.39 is 0 Å². The average Bonchev–Trinajstić information content (AvgIpc) is 2.99. The van der Waals surface area contributed by atoms with Gasteiger partial charge in [-0.2, -0.15) is 0 Å². The summed E-state index contributed by atoms with van der Waals surface area (Å²) < 4.78 is 37.8. The molecule has 224 valence electrons. The second kappa shape index (κ2) is 18.0. The second-order valence-electron chi connectivity index (χ2n) is 8.65. The molecule has 0 saturated carbocycles. The van der Waals surface area contributed by atoms with Crippen LogP contribution in [-0.4, -0.2) is 97.3 Å². The number of benzene rings is 2. The third kappa shape index (κ3) is 10.4. The number of methoxy groups -OCH3 is 1. The third-order valence-corrected chi connectivity index (χ3v) is 5.77. The lowest BCUT2D eigenvalue weighted by Crippen LogP contribution is -2.27. The van der Waals surface area contributed by atoms with Gasteiger partial charge in [0.15, 0.2) is 16.8 Å². The van der Waals surface area contributed by atoms with Gasteiger partial charge in [-0.25, -0.2) is 0 Å². The van der Waals surface area contributed by atoms with E-state index >= 15 is 0 Å². The van der Waals surface area contributed by atoms with Crippen LogP contribution >= 0.6 is 0 Å². The van der Waals surface area contributed by atoms with Crippen molar-refractivity contribution in [1.82, 2.24) is 5.32 Å². The van der Waals surface area contributed by atoms with Gasteiger partial charge in [0.2, 0.25) is 5.75 Å². The number of nitrogens with two attached hydrogens (primary N) is 1. The molecule has 41 heavy (non-hydrogen) atoms. The number of ether oxygens (including phenoxy) is 6. The normalized spacial score (nSPS) is 11.2. The molecule has 0 unspecified atom stereocenters. The van der Waals surface area contributed by atoms with Crippen LogP contribution in [0.4, 0.5) is 0 Å². The first kappa shape index (κ1) is 32.0. The van der Waals surface area contributed by atoms with Crippen molar-refractivity contribution in [2.45, 2.75) is 0 Å². The standard InChI is InChI=1S/C29H38N2O10/c1-35-25-7-6-23-24(32)20-26(41-28(23)27(25)33)21-2-4-22(5-3-21)29(34)31-9-11-37-13-15-39-17-19-40-18-16-38-14-12-36-10-8-30/h2-7,20,33H,8-19,30H2,1H3,(H,31,34). The van der Waals surface area contributed by atoms with E-state index in [1.165, 1.54) is 25.3 Å². The summed E-state index contributed by atoms with van der Waals surface area (Å²) in [5.74, 6) is -0.0519. The predicted octanol–water partition coefficient (Wildman–Crippen LogP) is 1.95. The molecule has 3 aromatic rings. The Morgan fingerprint density at radius 1 is 0.829 bits per heavy atom. The van der Waals surface area contributed by atoms with Gasteiger partial charge in [-0.05, 0) is 24.3 Å². The van der Waals surface area contributed by atoms with Gasteiger partial charge in [0.25, 0.3) is 5.91 Å². The minimum atomic E-state index is -0.304. The molecule has 2 aromatic carbocycles. The highest BCUT2D eigenvalue weighted by atomic mass is 16.6. The molecule has 0 saturated heterocycles. The van der Waals surface area contributed by atoms with Crippen LogP contribution in [-0.2, 0) is 23.7 Å². The molecule has 1 heterocycles. The van der Waals surface area contributed by atoms with Crippen molar-refractivity contribution < 1.29 is 42.7 Å². The molecule has 0 aliphatic rings. The number of rotatable bonds is 20. The van der Waals surface area contributed by atoms with E-state index in [0.717, 1.165) is 0 Å². The zero-order valence-electron chi connectivity index (χ0n) is 23.2. The van der Waals surface area contributed by atoms with Crippen molar-refractivity contribution in [3.63, 3.8) is 0 Å². The van der Waals surface area contributed by atoms with E-state index in [4.69, 9.17) is 38.6 Å². The molecular weight excluding hydrogens is 536 g/mol. The zero-order chi connectivity index (χ0) is 29.3. The summed E-state index contributed by atoms with van der Waals surface area (Å²) in [6.07, 6.45) is 0. The fraction of sp³-hybridized carbons (Fsp3) is 0.448. The molecule has 4 N–H and O–H groups in total. The predicted molar refractivity (Wildman–Crippen MR) is 152 cm³/mol. The van der Waals surface area contributed by atoms with Crippen LogP contribution in [0, 0.1) is 0 Å². The maximum absolute atomic E-state index is 12.5. The summed E-state index contributed by atoms with van der Waals surface area (Å²) in [5, 5.41) is 13.4. The van der Waals surface area contributed by atoms with Crippen LogP contribution in [0.25, 0.3) is 22.3 Å².